The van der Waals surface area contributed by atoms with Crippen LogP contribution in [0.15, 0.2) is 23.1 Å². The maximum Gasteiger partial charge on any atom is 0.231 e. The molecular weight excluding hydrogens is 438 g/mol. The first-order chi connectivity index (χ1) is 15.3. The number of oxime groups is 1. The molecule has 5 rings (SSSR count). The number of ketones is 2. The standard InChI is InChI=1S/C23H24ClNO7/c1-12-8-13(26)9-17(29-3)23(12)21(27)18-16(28-2)10-14(19(24)20(18)31-23)15-11-22(32-25-15)4-6-30-7-5-22/h9-10,12H,4-8,11H2,1-3H3/t12?,23-/m1/s1. The fourth-order valence-corrected chi connectivity index (χ4v) is 5.36. The number of hydrogen-bond donors (Lipinski definition) is 0. The van der Waals surface area contributed by atoms with E-state index in [1.165, 1.54) is 20.3 Å². The summed E-state index contributed by atoms with van der Waals surface area (Å²) in [5, 5.41) is 4.58. The van der Waals surface area contributed by atoms with E-state index in [-0.39, 0.29) is 40.1 Å². The molecule has 1 fully saturated rings. The number of halogens is 1. The molecule has 0 aromatic heterocycles. The fraction of sp³-hybridized carbons (Fsp3) is 0.522. The Morgan fingerprint density at radius 3 is 2.62 bits per heavy atom. The lowest BCUT2D eigenvalue weighted by Gasteiger charge is -2.36. The lowest BCUT2D eigenvalue weighted by atomic mass is 9.75. The van der Waals surface area contributed by atoms with Gasteiger partial charge in [0.1, 0.15) is 16.9 Å². The molecule has 1 unspecified atom stereocenters. The second-order valence-electron chi connectivity index (χ2n) is 8.70. The lowest BCUT2D eigenvalue weighted by molar-refractivity contribution is -0.118. The summed E-state index contributed by atoms with van der Waals surface area (Å²) < 4.78 is 22.8. The smallest absolute Gasteiger partial charge is 0.231 e. The number of fused-ring (bicyclic) bond motifs is 1. The Hall–Kier alpha value is -2.58. The van der Waals surface area contributed by atoms with Crippen LogP contribution < -0.4 is 9.47 Å². The molecule has 2 spiro atoms. The predicted octanol–water partition coefficient (Wildman–Crippen LogP) is 3.48. The number of Topliss-reactive ketones (excluding diaryl/α,β-unsaturated/α-hetero) is 1. The second-order valence-corrected chi connectivity index (χ2v) is 9.07. The van der Waals surface area contributed by atoms with Crippen molar-refractivity contribution < 1.29 is 33.4 Å². The Morgan fingerprint density at radius 2 is 1.94 bits per heavy atom. The minimum atomic E-state index is -1.46. The average Bonchev–Trinajstić information content (AvgIpc) is 3.32. The maximum absolute atomic E-state index is 13.7. The van der Waals surface area contributed by atoms with Crippen molar-refractivity contribution in [2.45, 2.75) is 43.8 Å². The van der Waals surface area contributed by atoms with E-state index in [1.54, 1.807) is 13.0 Å². The maximum atomic E-state index is 13.7. The highest BCUT2D eigenvalue weighted by Crippen LogP contribution is 2.53. The Kier molecular flexibility index (Phi) is 4.98. The minimum Gasteiger partial charge on any atom is -0.496 e. The topological polar surface area (TPSA) is 92.7 Å². The molecule has 9 heteroatoms. The molecule has 1 aromatic rings. The molecule has 0 amide bonds. The first kappa shape index (κ1) is 21.3. The Morgan fingerprint density at radius 1 is 1.19 bits per heavy atom. The molecule has 8 nitrogen and oxygen atoms in total. The van der Waals surface area contributed by atoms with E-state index in [1.807, 2.05) is 0 Å². The zero-order chi connectivity index (χ0) is 22.7. The van der Waals surface area contributed by atoms with E-state index >= 15 is 0 Å². The van der Waals surface area contributed by atoms with Crippen molar-refractivity contribution in [1.29, 1.82) is 0 Å². The van der Waals surface area contributed by atoms with Gasteiger partial charge < -0.3 is 23.8 Å². The second kappa shape index (κ2) is 7.49. The predicted molar refractivity (Wildman–Crippen MR) is 115 cm³/mol. The zero-order valence-electron chi connectivity index (χ0n) is 18.2. The van der Waals surface area contributed by atoms with Gasteiger partial charge in [-0.2, -0.15) is 0 Å². The van der Waals surface area contributed by atoms with E-state index in [0.717, 1.165) is 12.8 Å². The quantitative estimate of drug-likeness (QED) is 0.680. The van der Waals surface area contributed by atoms with Crippen molar-refractivity contribution in [1.82, 2.24) is 0 Å². The molecule has 1 aliphatic carbocycles. The van der Waals surface area contributed by atoms with Gasteiger partial charge in [0.15, 0.2) is 17.3 Å². The van der Waals surface area contributed by atoms with Crippen LogP contribution in [0.25, 0.3) is 0 Å². The first-order valence-corrected chi connectivity index (χ1v) is 11.0. The van der Waals surface area contributed by atoms with Gasteiger partial charge in [0, 0.05) is 43.2 Å². The summed E-state index contributed by atoms with van der Waals surface area (Å²) in [5.74, 6) is -0.189. The van der Waals surface area contributed by atoms with E-state index in [0.29, 0.717) is 36.7 Å². The molecule has 3 heterocycles. The molecule has 4 aliphatic rings. The Labute approximate surface area is 190 Å². The van der Waals surface area contributed by atoms with E-state index in [9.17, 15) is 9.59 Å². The zero-order valence-corrected chi connectivity index (χ0v) is 18.9. The van der Waals surface area contributed by atoms with Crippen LogP contribution in [0.5, 0.6) is 11.5 Å². The van der Waals surface area contributed by atoms with Gasteiger partial charge in [0.2, 0.25) is 11.4 Å². The van der Waals surface area contributed by atoms with Crippen molar-refractivity contribution in [2.24, 2.45) is 11.1 Å². The number of carbonyl (C=O) groups excluding carboxylic acids is 2. The van der Waals surface area contributed by atoms with E-state index in [4.69, 9.17) is 35.4 Å². The van der Waals surface area contributed by atoms with Crippen LogP contribution in [-0.2, 0) is 19.1 Å². The highest BCUT2D eigenvalue weighted by atomic mass is 35.5. The highest BCUT2D eigenvalue weighted by molar-refractivity contribution is 6.37. The van der Waals surface area contributed by atoms with Crippen molar-refractivity contribution in [3.05, 3.63) is 34.1 Å². The normalized spacial score (nSPS) is 28.2. The number of rotatable bonds is 3. The first-order valence-electron chi connectivity index (χ1n) is 10.6. The summed E-state index contributed by atoms with van der Waals surface area (Å²) in [6, 6.07) is 1.71. The summed E-state index contributed by atoms with van der Waals surface area (Å²) >= 11 is 6.80. The van der Waals surface area contributed by atoms with E-state index < -0.39 is 17.1 Å². The van der Waals surface area contributed by atoms with Crippen LogP contribution in [0.3, 0.4) is 0 Å². The van der Waals surface area contributed by atoms with Gasteiger partial charge in [-0.05, 0) is 6.07 Å². The summed E-state index contributed by atoms with van der Waals surface area (Å²) in [6.45, 7) is 3.03. The average molecular weight is 462 g/mol. The fourth-order valence-electron chi connectivity index (χ4n) is 5.06. The molecule has 1 aromatic carbocycles. The highest BCUT2D eigenvalue weighted by Gasteiger charge is 2.60. The van der Waals surface area contributed by atoms with Crippen LogP contribution >= 0.6 is 11.6 Å². The molecule has 32 heavy (non-hydrogen) atoms. The van der Waals surface area contributed by atoms with Gasteiger partial charge in [-0.1, -0.05) is 23.7 Å². The summed E-state index contributed by atoms with van der Waals surface area (Å²) in [6.07, 6.45) is 3.54. The van der Waals surface area contributed by atoms with Crippen LogP contribution in [0.1, 0.15) is 48.5 Å². The minimum absolute atomic E-state index is 0.120. The molecule has 0 radical (unpaired) electrons. The molecule has 2 atom stereocenters. The van der Waals surface area contributed by atoms with Gasteiger partial charge in [0.05, 0.1) is 38.2 Å². The van der Waals surface area contributed by atoms with Gasteiger partial charge >= 0.3 is 0 Å². The number of hydrogen-bond acceptors (Lipinski definition) is 8. The summed E-state index contributed by atoms with van der Waals surface area (Å²) in [5.41, 5.74) is -0.352. The molecule has 170 valence electrons. The third-order valence-electron chi connectivity index (χ3n) is 6.87. The third kappa shape index (κ3) is 2.89. The molecule has 3 aliphatic heterocycles. The third-order valence-corrected chi connectivity index (χ3v) is 7.24. The van der Waals surface area contributed by atoms with Crippen molar-refractivity contribution in [3.63, 3.8) is 0 Å². The molecule has 0 bridgehead atoms. The number of allylic oxidation sites excluding steroid dienone is 1. The summed E-state index contributed by atoms with van der Waals surface area (Å²) in [7, 11) is 2.90. The van der Waals surface area contributed by atoms with Gasteiger partial charge in [0.25, 0.3) is 0 Å². The lowest BCUT2D eigenvalue weighted by Crippen LogP contribution is -2.51. The van der Waals surface area contributed by atoms with Gasteiger partial charge in [-0.25, -0.2) is 0 Å². The number of methoxy groups -OCH3 is 2. The number of benzene rings is 1. The van der Waals surface area contributed by atoms with Crippen molar-refractivity contribution in [3.8, 4) is 11.5 Å². The SMILES string of the molecule is COC1=CC(=O)CC(C)[C@@]12Oc1c(Cl)c(C3=NOC4(CCOCC4)C3)cc(OC)c1C2=O. The molecular formula is C23H24ClNO7. The molecule has 1 saturated heterocycles. The van der Waals surface area contributed by atoms with Crippen molar-refractivity contribution >= 4 is 28.9 Å². The van der Waals surface area contributed by atoms with Crippen LogP contribution in [-0.4, -0.2) is 55.9 Å². The van der Waals surface area contributed by atoms with Crippen LogP contribution in [0.2, 0.25) is 5.02 Å². The number of carbonyl (C=O) groups is 2. The molecule has 0 saturated carbocycles. The summed E-state index contributed by atoms with van der Waals surface area (Å²) in [4.78, 5) is 31.6. The van der Waals surface area contributed by atoms with Crippen molar-refractivity contribution in [2.75, 3.05) is 27.4 Å². The number of nitrogens with zero attached hydrogens (tertiary/aromatic N) is 1. The molecule has 0 N–H and O–H groups in total. The Bertz CT molecular complexity index is 1070. The van der Waals surface area contributed by atoms with Crippen LogP contribution in [0, 0.1) is 5.92 Å². The van der Waals surface area contributed by atoms with Crippen LogP contribution in [0.4, 0.5) is 0 Å². The number of ether oxygens (including phenoxy) is 4. The van der Waals surface area contributed by atoms with Gasteiger partial charge in [-0.3, -0.25) is 9.59 Å². The van der Waals surface area contributed by atoms with E-state index in [2.05, 4.69) is 5.16 Å². The monoisotopic (exact) mass is 461 g/mol. The van der Waals surface area contributed by atoms with Gasteiger partial charge in [-0.15, -0.1) is 0 Å². The Balaban J connectivity index is 1.59. The largest absolute Gasteiger partial charge is 0.496 e.